The molecular weight excluding hydrogens is 218 g/mol. The van der Waals surface area contributed by atoms with Crippen molar-refractivity contribution in [3.05, 3.63) is 11.9 Å². The zero-order valence-electron chi connectivity index (χ0n) is 11.1. The topological polar surface area (TPSA) is 59.3 Å². The largest absolute Gasteiger partial charge is 0.493 e. The number of rotatable bonds is 7. The Labute approximate surface area is 103 Å². The maximum absolute atomic E-state index is 10.2. The van der Waals surface area contributed by atoms with Gasteiger partial charge in [0, 0.05) is 19.1 Å². The highest BCUT2D eigenvalue weighted by Gasteiger charge is 2.19. The molecule has 2 N–H and O–H groups in total. The molecule has 1 heterocycles. The molecule has 98 valence electrons. The third-order valence-corrected chi connectivity index (χ3v) is 2.54. The van der Waals surface area contributed by atoms with E-state index in [0.717, 1.165) is 18.7 Å². The minimum Gasteiger partial charge on any atom is -0.493 e. The Morgan fingerprint density at radius 3 is 2.76 bits per heavy atom. The predicted octanol–water partition coefficient (Wildman–Crippen LogP) is 1.33. The molecule has 1 aromatic rings. The van der Waals surface area contributed by atoms with Gasteiger partial charge in [0.25, 0.3) is 0 Å². The van der Waals surface area contributed by atoms with Gasteiger partial charge >= 0.3 is 0 Å². The molecule has 1 unspecified atom stereocenters. The molecule has 0 saturated carbocycles. The van der Waals surface area contributed by atoms with Crippen LogP contribution in [0.5, 0.6) is 5.75 Å². The van der Waals surface area contributed by atoms with E-state index in [1.807, 2.05) is 18.5 Å². The van der Waals surface area contributed by atoms with Gasteiger partial charge in [-0.15, -0.1) is 0 Å². The summed E-state index contributed by atoms with van der Waals surface area (Å²) in [6.07, 6.45) is 2.03. The third kappa shape index (κ3) is 3.71. The van der Waals surface area contributed by atoms with E-state index in [2.05, 4.69) is 17.3 Å². The van der Waals surface area contributed by atoms with Gasteiger partial charge in [0.2, 0.25) is 0 Å². The van der Waals surface area contributed by atoms with Gasteiger partial charge in [-0.25, -0.2) is 0 Å². The second kappa shape index (κ2) is 6.61. The minimum absolute atomic E-state index is 0.346. The molecule has 0 aliphatic heterocycles. The number of hydrogen-bond donors (Lipinski definition) is 2. The standard InChI is InChI=1S/C12H23N3O2/c1-5-6-15-12(11(17-4)8-14-15)10(16)7-13-9(2)3/h8-10,13,16H,5-7H2,1-4H3. The van der Waals surface area contributed by atoms with Crippen molar-refractivity contribution < 1.29 is 9.84 Å². The SMILES string of the molecule is CCCn1ncc(OC)c1C(O)CNC(C)C. The number of nitrogens with one attached hydrogen (secondary N) is 1. The summed E-state index contributed by atoms with van der Waals surface area (Å²) >= 11 is 0. The van der Waals surface area contributed by atoms with Crippen molar-refractivity contribution in [3.8, 4) is 5.75 Å². The molecule has 1 atom stereocenters. The van der Waals surface area contributed by atoms with Crippen molar-refractivity contribution in [1.29, 1.82) is 0 Å². The average Bonchev–Trinajstić information content (AvgIpc) is 2.69. The quantitative estimate of drug-likeness (QED) is 0.756. The second-order valence-corrected chi connectivity index (χ2v) is 4.40. The van der Waals surface area contributed by atoms with Gasteiger partial charge in [0.1, 0.15) is 11.8 Å². The zero-order chi connectivity index (χ0) is 12.8. The van der Waals surface area contributed by atoms with Gasteiger partial charge in [-0.05, 0) is 6.42 Å². The second-order valence-electron chi connectivity index (χ2n) is 4.40. The number of methoxy groups -OCH3 is 1. The van der Waals surface area contributed by atoms with E-state index in [1.54, 1.807) is 13.3 Å². The summed E-state index contributed by atoms with van der Waals surface area (Å²) in [6, 6.07) is 0.346. The summed E-state index contributed by atoms with van der Waals surface area (Å²) in [6.45, 7) is 7.47. The molecule has 1 rings (SSSR count). The van der Waals surface area contributed by atoms with Crippen LogP contribution in [0.2, 0.25) is 0 Å². The molecule has 0 radical (unpaired) electrons. The maximum Gasteiger partial charge on any atom is 0.162 e. The van der Waals surface area contributed by atoms with Crippen LogP contribution in [0.1, 0.15) is 39.0 Å². The first kappa shape index (κ1) is 14.0. The minimum atomic E-state index is -0.596. The molecule has 1 aromatic heterocycles. The van der Waals surface area contributed by atoms with Crippen LogP contribution >= 0.6 is 0 Å². The van der Waals surface area contributed by atoms with Gasteiger partial charge in [0.05, 0.1) is 13.3 Å². The number of nitrogens with zero attached hydrogens (tertiary/aromatic N) is 2. The highest BCUT2D eigenvalue weighted by atomic mass is 16.5. The van der Waals surface area contributed by atoms with Crippen molar-refractivity contribution in [1.82, 2.24) is 15.1 Å². The molecule has 0 aliphatic rings. The van der Waals surface area contributed by atoms with E-state index in [-0.39, 0.29) is 0 Å². The van der Waals surface area contributed by atoms with Crippen LogP contribution in [-0.2, 0) is 6.54 Å². The van der Waals surface area contributed by atoms with E-state index in [1.165, 1.54) is 0 Å². The molecule has 0 spiro atoms. The van der Waals surface area contributed by atoms with Crippen molar-refractivity contribution in [2.75, 3.05) is 13.7 Å². The summed E-state index contributed by atoms with van der Waals surface area (Å²) in [7, 11) is 1.60. The molecular formula is C12H23N3O2. The van der Waals surface area contributed by atoms with E-state index < -0.39 is 6.10 Å². The smallest absolute Gasteiger partial charge is 0.162 e. The lowest BCUT2D eigenvalue weighted by Crippen LogP contribution is -2.29. The van der Waals surface area contributed by atoms with Crippen molar-refractivity contribution in [2.24, 2.45) is 0 Å². The molecule has 0 saturated heterocycles. The number of aliphatic hydroxyl groups is 1. The lowest BCUT2D eigenvalue weighted by atomic mass is 10.2. The monoisotopic (exact) mass is 241 g/mol. The van der Waals surface area contributed by atoms with Crippen LogP contribution in [0.4, 0.5) is 0 Å². The zero-order valence-corrected chi connectivity index (χ0v) is 11.1. The van der Waals surface area contributed by atoms with Crippen molar-refractivity contribution >= 4 is 0 Å². The molecule has 5 heteroatoms. The van der Waals surface area contributed by atoms with Gasteiger partial charge in [-0.2, -0.15) is 5.10 Å². The van der Waals surface area contributed by atoms with Crippen LogP contribution in [0.3, 0.4) is 0 Å². The van der Waals surface area contributed by atoms with E-state index in [9.17, 15) is 5.11 Å². The Morgan fingerprint density at radius 1 is 1.53 bits per heavy atom. The molecule has 0 aliphatic carbocycles. The highest BCUT2D eigenvalue weighted by molar-refractivity contribution is 5.27. The molecule has 0 amide bonds. The number of aromatic nitrogens is 2. The first-order valence-electron chi connectivity index (χ1n) is 6.11. The first-order chi connectivity index (χ1) is 8.10. The van der Waals surface area contributed by atoms with Crippen LogP contribution in [0, 0.1) is 0 Å². The predicted molar refractivity (Wildman–Crippen MR) is 67.2 cm³/mol. The summed E-state index contributed by atoms with van der Waals surface area (Å²) in [5, 5.41) is 17.6. The Bertz CT molecular complexity index is 336. The van der Waals surface area contributed by atoms with Gasteiger partial charge in [0.15, 0.2) is 5.75 Å². The molecule has 0 aromatic carbocycles. The molecule has 0 fully saturated rings. The highest BCUT2D eigenvalue weighted by Crippen LogP contribution is 2.24. The number of aryl methyl sites for hydroxylation is 1. The third-order valence-electron chi connectivity index (χ3n) is 2.54. The van der Waals surface area contributed by atoms with Crippen molar-refractivity contribution in [2.45, 2.75) is 45.9 Å². The molecule has 5 nitrogen and oxygen atoms in total. The van der Waals surface area contributed by atoms with E-state index in [0.29, 0.717) is 18.3 Å². The summed E-state index contributed by atoms with van der Waals surface area (Å²) in [5.74, 6) is 0.650. The first-order valence-corrected chi connectivity index (χ1v) is 6.11. The van der Waals surface area contributed by atoms with Crippen molar-refractivity contribution in [3.63, 3.8) is 0 Å². The number of hydrogen-bond acceptors (Lipinski definition) is 4. The normalized spacial score (nSPS) is 13.1. The fourth-order valence-electron chi connectivity index (χ4n) is 1.71. The number of ether oxygens (including phenoxy) is 1. The Hall–Kier alpha value is -1.07. The van der Waals surface area contributed by atoms with Gasteiger partial charge in [-0.3, -0.25) is 4.68 Å². The molecule has 0 bridgehead atoms. The van der Waals surface area contributed by atoms with E-state index >= 15 is 0 Å². The summed E-state index contributed by atoms with van der Waals surface area (Å²) in [5.41, 5.74) is 0.752. The van der Waals surface area contributed by atoms with Gasteiger partial charge in [-0.1, -0.05) is 20.8 Å². The Kier molecular flexibility index (Phi) is 5.44. The Morgan fingerprint density at radius 2 is 2.24 bits per heavy atom. The fourth-order valence-corrected chi connectivity index (χ4v) is 1.71. The van der Waals surface area contributed by atoms with Crippen LogP contribution in [-0.4, -0.2) is 34.6 Å². The lowest BCUT2D eigenvalue weighted by molar-refractivity contribution is 0.156. The molecule has 17 heavy (non-hydrogen) atoms. The summed E-state index contributed by atoms with van der Waals surface area (Å²) in [4.78, 5) is 0. The van der Waals surface area contributed by atoms with E-state index in [4.69, 9.17) is 4.74 Å². The average molecular weight is 241 g/mol. The van der Waals surface area contributed by atoms with Crippen LogP contribution < -0.4 is 10.1 Å². The van der Waals surface area contributed by atoms with Crippen LogP contribution in [0.25, 0.3) is 0 Å². The van der Waals surface area contributed by atoms with Gasteiger partial charge < -0.3 is 15.2 Å². The maximum atomic E-state index is 10.2. The summed E-state index contributed by atoms with van der Waals surface area (Å²) < 4.78 is 7.04. The lowest BCUT2D eigenvalue weighted by Gasteiger charge is -2.16. The fraction of sp³-hybridized carbons (Fsp3) is 0.750. The number of aliphatic hydroxyl groups excluding tert-OH is 1. The Balaban J connectivity index is 2.80. The van der Waals surface area contributed by atoms with Crippen LogP contribution in [0.15, 0.2) is 6.20 Å².